The van der Waals surface area contributed by atoms with Gasteiger partial charge in [-0.15, -0.1) is 0 Å². The first-order chi connectivity index (χ1) is 18.1. The van der Waals surface area contributed by atoms with Crippen molar-refractivity contribution in [2.75, 3.05) is 65.4 Å². The Kier molecular flexibility index (Phi) is 9.31. The predicted molar refractivity (Wildman–Crippen MR) is 161 cm³/mol. The lowest BCUT2D eigenvalue weighted by atomic mass is 10.2. The van der Waals surface area contributed by atoms with Crippen molar-refractivity contribution >= 4 is 33.0 Å². The van der Waals surface area contributed by atoms with Gasteiger partial charge in [0.1, 0.15) is 0 Å². The van der Waals surface area contributed by atoms with Crippen LogP contribution in [0.1, 0.15) is 96.3 Å². The zero-order valence-electron chi connectivity index (χ0n) is 23.0. The molecule has 5 saturated heterocycles. The molecule has 0 aromatic rings. The quantitative estimate of drug-likeness (QED) is 0.300. The molecule has 1 atom stereocenters. The van der Waals surface area contributed by atoms with Crippen molar-refractivity contribution in [2.24, 2.45) is 13.5 Å². The summed E-state index contributed by atoms with van der Waals surface area (Å²) in [5.41, 5.74) is 0. The van der Waals surface area contributed by atoms with Gasteiger partial charge in [-0.1, -0.05) is 32.1 Å². The van der Waals surface area contributed by atoms with Crippen LogP contribution in [0.3, 0.4) is 0 Å². The molecule has 6 heterocycles. The maximum Gasteiger partial charge on any atom is 0.239 e. The fourth-order valence-electron chi connectivity index (χ4n) is 7.16. The molecule has 0 aromatic carbocycles. The van der Waals surface area contributed by atoms with Crippen LogP contribution in [0.5, 0.6) is 0 Å². The third kappa shape index (κ3) is 5.64. The lowest BCUT2D eigenvalue weighted by Gasteiger charge is -2.52. The van der Waals surface area contributed by atoms with E-state index >= 15 is 0 Å². The topological polar surface area (TPSA) is 53.3 Å². The predicted octanol–water partition coefficient (Wildman–Crippen LogP) is 8.51. The minimum absolute atomic E-state index is 1.06. The largest absolute Gasteiger partial charge is 0.240 e. The first-order valence-electron chi connectivity index (χ1n) is 15.5. The summed E-state index contributed by atoms with van der Waals surface area (Å²) in [7, 11) is -4.64. The van der Waals surface area contributed by atoms with Gasteiger partial charge in [0.15, 0.2) is 0 Å². The lowest BCUT2D eigenvalue weighted by Crippen LogP contribution is -2.41. The van der Waals surface area contributed by atoms with Crippen molar-refractivity contribution < 1.29 is 0 Å². The first kappa shape index (κ1) is 27.9. The summed E-state index contributed by atoms with van der Waals surface area (Å²) in [6, 6.07) is 0. The standard InChI is InChI=1S/C25H50ClN8P3/c26-35(30-16-6-1-7-17-30)27-36(31-18-8-2-9-19-31,32-20-10-3-11-21-32)29-37(28-35,33-22-12-4-13-23-33)34-24-14-5-15-25-34/h1-25H2. The SMILES string of the molecule is ClP1(N2CCCCC2)=NP(N2CCCCC2)(N2CCCCC2)=NP(N2CCCCC2)(N2CCCCC2)=N1. The van der Waals surface area contributed by atoms with E-state index in [0.29, 0.717) is 0 Å². The zero-order valence-corrected chi connectivity index (χ0v) is 26.4. The van der Waals surface area contributed by atoms with Gasteiger partial charge in [-0.2, -0.15) is 13.5 Å². The van der Waals surface area contributed by atoms with Gasteiger partial charge in [0.05, 0.1) is 0 Å². The van der Waals surface area contributed by atoms with Crippen LogP contribution >= 0.6 is 33.0 Å². The zero-order chi connectivity index (χ0) is 25.2. The maximum absolute atomic E-state index is 7.99. The molecule has 0 radical (unpaired) electrons. The number of halogens is 1. The lowest BCUT2D eigenvalue weighted by molar-refractivity contribution is 0.295. The van der Waals surface area contributed by atoms with Gasteiger partial charge in [-0.3, -0.25) is 0 Å². The highest BCUT2D eigenvalue weighted by atomic mass is 35.7. The van der Waals surface area contributed by atoms with Gasteiger partial charge in [-0.05, 0) is 75.4 Å². The molecule has 212 valence electrons. The number of piperidine rings is 5. The minimum atomic E-state index is -2.55. The highest BCUT2D eigenvalue weighted by Crippen LogP contribution is 2.84. The van der Waals surface area contributed by atoms with Crippen LogP contribution < -0.4 is 0 Å². The number of rotatable bonds is 5. The van der Waals surface area contributed by atoms with E-state index in [0.717, 1.165) is 65.4 Å². The van der Waals surface area contributed by atoms with Crippen LogP contribution in [-0.4, -0.2) is 88.8 Å². The maximum atomic E-state index is 7.99. The van der Waals surface area contributed by atoms with Crippen molar-refractivity contribution in [3.63, 3.8) is 0 Å². The molecule has 5 fully saturated rings. The van der Waals surface area contributed by atoms with Crippen LogP contribution in [0.4, 0.5) is 0 Å². The van der Waals surface area contributed by atoms with E-state index in [4.69, 9.17) is 24.8 Å². The van der Waals surface area contributed by atoms with Crippen LogP contribution in [0.2, 0.25) is 0 Å². The number of nitrogens with zero attached hydrogens (tertiary/aromatic N) is 8. The summed E-state index contributed by atoms with van der Waals surface area (Å²) in [6.07, 6.45) is 19.3. The molecule has 8 nitrogen and oxygen atoms in total. The molecule has 0 spiro atoms. The Morgan fingerprint density at radius 2 is 0.595 bits per heavy atom. The molecule has 6 rings (SSSR count). The van der Waals surface area contributed by atoms with Gasteiger partial charge in [0, 0.05) is 65.4 Å². The second-order valence-electron chi connectivity index (χ2n) is 11.9. The van der Waals surface area contributed by atoms with Gasteiger partial charge in [0.2, 0.25) is 21.7 Å². The summed E-state index contributed by atoms with van der Waals surface area (Å²) < 4.78 is 31.7. The summed E-state index contributed by atoms with van der Waals surface area (Å²) in [6.45, 7) is 8.63. The molecule has 1 unspecified atom stereocenters. The second kappa shape index (κ2) is 12.3. The van der Waals surface area contributed by atoms with E-state index < -0.39 is 21.7 Å². The van der Waals surface area contributed by atoms with Gasteiger partial charge < -0.3 is 0 Å². The molecular weight excluding hydrogens is 541 g/mol. The van der Waals surface area contributed by atoms with Gasteiger partial charge in [-0.25, -0.2) is 23.4 Å². The van der Waals surface area contributed by atoms with Crippen LogP contribution in [0.15, 0.2) is 13.5 Å². The van der Waals surface area contributed by atoms with E-state index in [1.54, 1.807) is 0 Å². The Labute approximate surface area is 231 Å². The average molecular weight is 591 g/mol. The molecule has 0 aromatic heterocycles. The molecular formula is C25H50ClN8P3. The highest BCUT2D eigenvalue weighted by Gasteiger charge is 2.50. The third-order valence-corrected chi connectivity index (χ3v) is 22.5. The third-order valence-electron chi connectivity index (χ3n) is 9.25. The summed E-state index contributed by atoms with van der Waals surface area (Å²) in [4.78, 5) is 0. The summed E-state index contributed by atoms with van der Waals surface area (Å²) in [5.74, 6) is 0. The van der Waals surface area contributed by atoms with E-state index in [2.05, 4.69) is 23.4 Å². The molecule has 0 N–H and O–H groups in total. The Balaban J connectivity index is 1.60. The summed E-state index contributed by atoms with van der Waals surface area (Å²) in [5, 5.41) is 0. The van der Waals surface area contributed by atoms with Crippen LogP contribution in [-0.2, 0) is 0 Å². The monoisotopic (exact) mass is 590 g/mol. The van der Waals surface area contributed by atoms with Gasteiger partial charge in [0.25, 0.3) is 0 Å². The smallest absolute Gasteiger partial charge is 0.239 e. The average Bonchev–Trinajstić information content (AvgIpc) is 2.99. The number of hydrogen-bond acceptors (Lipinski definition) is 8. The molecule has 12 heteroatoms. The Morgan fingerprint density at radius 1 is 0.324 bits per heavy atom. The van der Waals surface area contributed by atoms with Gasteiger partial charge >= 0.3 is 0 Å². The number of hydrogen-bond donors (Lipinski definition) is 0. The molecule has 0 saturated carbocycles. The van der Waals surface area contributed by atoms with E-state index in [1.807, 2.05) is 0 Å². The molecule has 0 bridgehead atoms. The first-order valence-corrected chi connectivity index (χ1v) is 21.3. The van der Waals surface area contributed by atoms with Crippen molar-refractivity contribution in [3.8, 4) is 0 Å². The molecule has 6 aliphatic rings. The van der Waals surface area contributed by atoms with Crippen molar-refractivity contribution in [1.82, 2.24) is 23.4 Å². The minimum Gasteiger partial charge on any atom is -0.240 e. The fraction of sp³-hybridized carbons (Fsp3) is 1.00. The molecule has 0 aliphatic carbocycles. The molecule has 37 heavy (non-hydrogen) atoms. The van der Waals surface area contributed by atoms with Crippen LogP contribution in [0.25, 0.3) is 0 Å². The second-order valence-corrected chi connectivity index (χ2v) is 21.4. The fourth-order valence-corrected chi connectivity index (χ4v) is 23.7. The van der Waals surface area contributed by atoms with Crippen molar-refractivity contribution in [3.05, 3.63) is 0 Å². The van der Waals surface area contributed by atoms with Crippen molar-refractivity contribution in [1.29, 1.82) is 0 Å². The molecule has 0 amide bonds. The van der Waals surface area contributed by atoms with Crippen LogP contribution in [0, 0.1) is 0 Å². The normalized spacial score (nSPS) is 35.3. The molecule has 6 aliphatic heterocycles. The van der Waals surface area contributed by atoms with Crippen molar-refractivity contribution in [2.45, 2.75) is 96.3 Å². The highest BCUT2D eigenvalue weighted by molar-refractivity contribution is 7.96. The Bertz CT molecular complexity index is 860. The Hall–Kier alpha value is 0.780. The summed E-state index contributed by atoms with van der Waals surface area (Å²) >= 11 is 7.99. The van der Waals surface area contributed by atoms with E-state index in [-0.39, 0.29) is 0 Å². The van der Waals surface area contributed by atoms with E-state index in [9.17, 15) is 0 Å². The Morgan fingerprint density at radius 3 is 0.919 bits per heavy atom. The van der Waals surface area contributed by atoms with E-state index in [1.165, 1.54) is 96.3 Å².